The van der Waals surface area contributed by atoms with Crippen molar-refractivity contribution in [1.29, 1.82) is 0 Å². The topological polar surface area (TPSA) is 29.3 Å². The molecule has 2 aliphatic rings. The van der Waals surface area contributed by atoms with Crippen LogP contribution < -0.4 is 5.73 Å². The number of fused-ring (bicyclic) bond motifs is 2. The molecule has 2 rings (SSSR count). The molecule has 2 saturated heterocycles. The molecule has 3 atom stereocenters. The monoisotopic (exact) mass is 154 g/mol. The van der Waals surface area contributed by atoms with Gasteiger partial charge in [0.05, 0.1) is 0 Å². The molecule has 2 N–H and O–H groups in total. The van der Waals surface area contributed by atoms with Crippen LogP contribution in [0.3, 0.4) is 0 Å². The second-order valence-electron chi connectivity index (χ2n) is 3.95. The van der Waals surface area contributed by atoms with E-state index in [9.17, 15) is 0 Å². The maximum absolute atomic E-state index is 5.95. The van der Waals surface area contributed by atoms with Crippen LogP contribution in [0.25, 0.3) is 0 Å². The highest BCUT2D eigenvalue weighted by Crippen LogP contribution is 2.34. The molecular weight excluding hydrogens is 136 g/mol. The number of nitrogens with zero attached hydrogens (tertiary/aromatic N) is 1. The number of hydrogen-bond donors (Lipinski definition) is 1. The Bertz CT molecular complexity index is 132. The summed E-state index contributed by atoms with van der Waals surface area (Å²) in [6, 6.07) is 2.15. The minimum Gasteiger partial charge on any atom is -0.328 e. The molecule has 0 aliphatic carbocycles. The first-order valence-corrected chi connectivity index (χ1v) is 4.82. The quantitative estimate of drug-likeness (QED) is 0.609. The third-order valence-corrected chi connectivity index (χ3v) is 3.29. The van der Waals surface area contributed by atoms with Gasteiger partial charge in [-0.05, 0) is 32.2 Å². The maximum Gasteiger partial charge on any atom is 0.0113 e. The van der Waals surface area contributed by atoms with E-state index in [1.165, 1.54) is 32.2 Å². The van der Waals surface area contributed by atoms with Crippen LogP contribution in [-0.2, 0) is 0 Å². The summed E-state index contributed by atoms with van der Waals surface area (Å²) < 4.78 is 0. The Kier molecular flexibility index (Phi) is 1.90. The van der Waals surface area contributed by atoms with Crippen LogP contribution in [0.15, 0.2) is 0 Å². The van der Waals surface area contributed by atoms with Gasteiger partial charge in [-0.3, -0.25) is 4.90 Å². The standard InChI is InChI=1S/C9H18N2/c1-2-11-8-3-4-9(11)6-7(10)5-8/h7-9H,2-6,10H2,1H3/t7?,8-,9?/m1/s1. The molecular formula is C9H18N2. The first-order chi connectivity index (χ1) is 5.31. The molecule has 0 saturated carbocycles. The molecule has 2 heterocycles. The van der Waals surface area contributed by atoms with Crippen LogP contribution >= 0.6 is 0 Å². The average Bonchev–Trinajstić information content (AvgIpc) is 2.23. The van der Waals surface area contributed by atoms with Crippen molar-refractivity contribution in [2.24, 2.45) is 5.73 Å². The lowest BCUT2D eigenvalue weighted by Gasteiger charge is -2.36. The predicted octanol–water partition coefficient (Wildman–Crippen LogP) is 0.960. The summed E-state index contributed by atoms with van der Waals surface area (Å²) in [4.78, 5) is 2.64. The molecule has 0 aromatic carbocycles. The number of piperidine rings is 1. The van der Waals surface area contributed by atoms with Gasteiger partial charge in [0.1, 0.15) is 0 Å². The Labute approximate surface area is 68.7 Å². The van der Waals surface area contributed by atoms with E-state index in [1.807, 2.05) is 0 Å². The zero-order chi connectivity index (χ0) is 7.84. The van der Waals surface area contributed by atoms with E-state index in [4.69, 9.17) is 5.73 Å². The average molecular weight is 154 g/mol. The van der Waals surface area contributed by atoms with Gasteiger partial charge in [-0.15, -0.1) is 0 Å². The van der Waals surface area contributed by atoms with Gasteiger partial charge in [0.15, 0.2) is 0 Å². The fourth-order valence-electron chi connectivity index (χ4n) is 2.83. The van der Waals surface area contributed by atoms with Crippen LogP contribution in [0.1, 0.15) is 32.6 Å². The van der Waals surface area contributed by atoms with E-state index >= 15 is 0 Å². The van der Waals surface area contributed by atoms with Gasteiger partial charge < -0.3 is 5.73 Å². The van der Waals surface area contributed by atoms with Crippen LogP contribution in [0.4, 0.5) is 0 Å². The lowest BCUT2D eigenvalue weighted by atomic mass is 9.98. The highest BCUT2D eigenvalue weighted by atomic mass is 15.2. The summed E-state index contributed by atoms with van der Waals surface area (Å²) in [5.41, 5.74) is 5.95. The fraction of sp³-hybridized carbons (Fsp3) is 1.00. The van der Waals surface area contributed by atoms with Crippen molar-refractivity contribution in [3.05, 3.63) is 0 Å². The van der Waals surface area contributed by atoms with E-state index in [2.05, 4.69) is 11.8 Å². The molecule has 0 amide bonds. The summed E-state index contributed by atoms with van der Waals surface area (Å²) in [5.74, 6) is 0. The van der Waals surface area contributed by atoms with Crippen LogP contribution in [0.2, 0.25) is 0 Å². The van der Waals surface area contributed by atoms with Gasteiger partial charge in [-0.2, -0.15) is 0 Å². The number of nitrogens with two attached hydrogens (primary N) is 1. The van der Waals surface area contributed by atoms with Crippen LogP contribution in [0, 0.1) is 0 Å². The fourth-order valence-corrected chi connectivity index (χ4v) is 2.83. The summed E-state index contributed by atoms with van der Waals surface area (Å²) >= 11 is 0. The van der Waals surface area contributed by atoms with E-state index < -0.39 is 0 Å². The van der Waals surface area contributed by atoms with E-state index in [0.717, 1.165) is 12.1 Å². The first kappa shape index (κ1) is 7.56. The maximum atomic E-state index is 5.95. The Morgan fingerprint density at radius 1 is 1.27 bits per heavy atom. The Morgan fingerprint density at radius 3 is 2.27 bits per heavy atom. The van der Waals surface area contributed by atoms with Crippen molar-refractivity contribution in [2.75, 3.05) is 6.54 Å². The van der Waals surface area contributed by atoms with Crippen molar-refractivity contribution < 1.29 is 0 Å². The molecule has 0 aromatic rings. The normalized spacial score (nSPS) is 44.7. The van der Waals surface area contributed by atoms with Gasteiger partial charge in [-0.25, -0.2) is 0 Å². The zero-order valence-corrected chi connectivity index (χ0v) is 7.29. The molecule has 11 heavy (non-hydrogen) atoms. The number of rotatable bonds is 1. The lowest BCUT2D eigenvalue weighted by Crippen LogP contribution is -2.47. The van der Waals surface area contributed by atoms with Gasteiger partial charge in [0.2, 0.25) is 0 Å². The van der Waals surface area contributed by atoms with Gasteiger partial charge >= 0.3 is 0 Å². The molecule has 2 fully saturated rings. The summed E-state index contributed by atoms with van der Waals surface area (Å²) in [6.07, 6.45) is 5.27. The van der Waals surface area contributed by atoms with E-state index in [-0.39, 0.29) is 0 Å². The first-order valence-electron chi connectivity index (χ1n) is 4.82. The van der Waals surface area contributed by atoms with Crippen molar-refractivity contribution >= 4 is 0 Å². The molecule has 2 nitrogen and oxygen atoms in total. The van der Waals surface area contributed by atoms with Crippen molar-refractivity contribution in [3.63, 3.8) is 0 Å². The molecule has 0 radical (unpaired) electrons. The highest BCUT2D eigenvalue weighted by Gasteiger charge is 2.38. The Balaban J connectivity index is 2.06. The van der Waals surface area contributed by atoms with Gasteiger partial charge in [0, 0.05) is 18.1 Å². The highest BCUT2D eigenvalue weighted by molar-refractivity contribution is 4.95. The van der Waals surface area contributed by atoms with Crippen molar-refractivity contribution in [2.45, 2.75) is 50.7 Å². The molecule has 2 aliphatic heterocycles. The summed E-state index contributed by atoms with van der Waals surface area (Å²) in [5, 5.41) is 0. The van der Waals surface area contributed by atoms with Crippen LogP contribution in [-0.4, -0.2) is 29.6 Å². The second-order valence-corrected chi connectivity index (χ2v) is 3.95. The molecule has 2 bridgehead atoms. The molecule has 2 unspecified atom stereocenters. The Hall–Kier alpha value is -0.0800. The second kappa shape index (κ2) is 2.76. The summed E-state index contributed by atoms with van der Waals surface area (Å²) in [6.45, 7) is 3.49. The molecule has 0 spiro atoms. The smallest absolute Gasteiger partial charge is 0.0113 e. The minimum absolute atomic E-state index is 0.496. The van der Waals surface area contributed by atoms with Crippen molar-refractivity contribution in [3.8, 4) is 0 Å². The SMILES string of the molecule is CCN1C2CC[C@@H]1CC(N)C2. The predicted molar refractivity (Wildman–Crippen MR) is 46.4 cm³/mol. The molecule has 2 heteroatoms. The molecule has 64 valence electrons. The zero-order valence-electron chi connectivity index (χ0n) is 7.29. The third-order valence-electron chi connectivity index (χ3n) is 3.29. The largest absolute Gasteiger partial charge is 0.328 e. The number of hydrogen-bond acceptors (Lipinski definition) is 2. The summed E-state index contributed by atoms with van der Waals surface area (Å²) in [7, 11) is 0. The molecule has 0 aromatic heterocycles. The Morgan fingerprint density at radius 2 is 1.82 bits per heavy atom. The van der Waals surface area contributed by atoms with Gasteiger partial charge in [0.25, 0.3) is 0 Å². The van der Waals surface area contributed by atoms with Gasteiger partial charge in [-0.1, -0.05) is 6.92 Å². The van der Waals surface area contributed by atoms with Crippen LogP contribution in [0.5, 0.6) is 0 Å². The van der Waals surface area contributed by atoms with Crippen molar-refractivity contribution in [1.82, 2.24) is 4.90 Å². The van der Waals surface area contributed by atoms with E-state index in [1.54, 1.807) is 0 Å². The van der Waals surface area contributed by atoms with E-state index in [0.29, 0.717) is 6.04 Å². The minimum atomic E-state index is 0.496. The third kappa shape index (κ3) is 1.18. The lowest BCUT2D eigenvalue weighted by molar-refractivity contribution is 0.135.